The van der Waals surface area contributed by atoms with E-state index >= 15 is 4.39 Å². The highest BCUT2D eigenvalue weighted by atomic mass is 19.3. The van der Waals surface area contributed by atoms with Gasteiger partial charge in [0.05, 0.1) is 0 Å². The maximum atomic E-state index is 15.1. The molecule has 0 aliphatic heterocycles. The Morgan fingerprint density at radius 1 is 0.476 bits per heavy atom. The first-order valence-electron chi connectivity index (χ1n) is 12.2. The first-order valence-corrected chi connectivity index (χ1v) is 12.2. The van der Waals surface area contributed by atoms with E-state index in [9.17, 15) is 35.1 Å². The van der Waals surface area contributed by atoms with Gasteiger partial charge in [0.2, 0.25) is 0 Å². The quantitative estimate of drug-likeness (QED) is 0.142. The van der Waals surface area contributed by atoms with Crippen LogP contribution in [0.2, 0.25) is 0 Å². The number of ether oxygens (including phenoxy) is 1. The minimum atomic E-state index is -4.80. The molecule has 0 aliphatic carbocycles. The Balaban J connectivity index is 1.43. The van der Waals surface area contributed by atoms with Crippen LogP contribution in [0.1, 0.15) is 11.1 Å². The van der Waals surface area contributed by atoms with Crippen LogP contribution in [0.25, 0.3) is 33.4 Å². The predicted molar refractivity (Wildman–Crippen MR) is 138 cm³/mol. The summed E-state index contributed by atoms with van der Waals surface area (Å²) in [7, 11) is 0. The molecule has 10 heteroatoms. The van der Waals surface area contributed by atoms with Crippen LogP contribution in [0.3, 0.4) is 0 Å². The highest BCUT2D eigenvalue weighted by molar-refractivity contribution is 5.74. The molecular formula is C32H17F9O. The molecule has 0 heterocycles. The minimum absolute atomic E-state index is 0.0504. The monoisotopic (exact) mass is 588 g/mol. The predicted octanol–water partition coefficient (Wildman–Crippen LogP) is 10.1. The molecule has 5 rings (SSSR count). The number of hydrogen-bond donors (Lipinski definition) is 0. The number of rotatable bonds is 6. The van der Waals surface area contributed by atoms with Crippen molar-refractivity contribution >= 4 is 0 Å². The summed E-state index contributed by atoms with van der Waals surface area (Å²) in [5, 5.41) is 0. The molecule has 0 saturated heterocycles. The van der Waals surface area contributed by atoms with E-state index in [1.807, 2.05) is 31.2 Å². The summed E-state index contributed by atoms with van der Waals surface area (Å²) in [6.07, 6.45) is -4.80. The summed E-state index contributed by atoms with van der Waals surface area (Å²) < 4.78 is 133. The number of benzene rings is 5. The van der Waals surface area contributed by atoms with Gasteiger partial charge in [0.25, 0.3) is 0 Å². The Morgan fingerprint density at radius 2 is 0.929 bits per heavy atom. The van der Waals surface area contributed by atoms with Crippen molar-refractivity contribution in [1.29, 1.82) is 0 Å². The van der Waals surface area contributed by atoms with E-state index in [0.29, 0.717) is 17.7 Å². The van der Waals surface area contributed by atoms with Gasteiger partial charge in [0, 0.05) is 23.3 Å². The van der Waals surface area contributed by atoms with Crippen LogP contribution in [0.4, 0.5) is 39.5 Å². The van der Waals surface area contributed by atoms with E-state index in [-0.39, 0.29) is 28.8 Å². The third kappa shape index (κ3) is 5.57. The van der Waals surface area contributed by atoms with Gasteiger partial charge in [0.1, 0.15) is 34.6 Å². The average molecular weight is 588 g/mol. The zero-order chi connectivity index (χ0) is 30.3. The molecule has 0 amide bonds. The third-order valence-electron chi connectivity index (χ3n) is 6.48. The van der Waals surface area contributed by atoms with Crippen LogP contribution in [-0.2, 0) is 6.11 Å². The van der Waals surface area contributed by atoms with Gasteiger partial charge in [-0.1, -0.05) is 54.1 Å². The Bertz CT molecular complexity index is 1770. The molecule has 0 fully saturated rings. The molecule has 0 radical (unpaired) electrons. The zero-order valence-corrected chi connectivity index (χ0v) is 21.4. The molecule has 1 nitrogen and oxygen atoms in total. The van der Waals surface area contributed by atoms with Gasteiger partial charge in [-0.3, -0.25) is 0 Å². The number of alkyl halides is 2. The van der Waals surface area contributed by atoms with Gasteiger partial charge in [-0.25, -0.2) is 30.7 Å². The van der Waals surface area contributed by atoms with Crippen LogP contribution in [0.5, 0.6) is 5.75 Å². The van der Waals surface area contributed by atoms with Crippen molar-refractivity contribution in [3.8, 4) is 39.1 Å². The Hall–Kier alpha value is -4.73. The summed E-state index contributed by atoms with van der Waals surface area (Å²) in [6, 6.07) is 16.1. The standard InChI is InChI=1S/C32H17F9O/c1-16-2-4-17(5-3-16)18-6-8-22(24(33)10-18)19-7-9-23(25(34)11-19)20-12-26(35)30(27(36)13-20)32(40,41)42-21-14-28(37)31(39)29(38)15-21/h2-15H,1H3. The SMILES string of the molecule is Cc1ccc(-c2ccc(-c3ccc(-c4cc(F)c(C(F)(F)Oc5cc(F)c(F)c(F)c5)c(F)c4)c(F)c3)c(F)c2)cc1. The lowest BCUT2D eigenvalue weighted by Crippen LogP contribution is -2.25. The third-order valence-corrected chi connectivity index (χ3v) is 6.48. The molecule has 0 N–H and O–H groups in total. The second kappa shape index (κ2) is 10.9. The fraction of sp³-hybridized carbons (Fsp3) is 0.0625. The fourth-order valence-electron chi connectivity index (χ4n) is 4.39. The highest BCUT2D eigenvalue weighted by Crippen LogP contribution is 2.39. The van der Waals surface area contributed by atoms with Crippen molar-refractivity contribution in [2.45, 2.75) is 13.0 Å². The van der Waals surface area contributed by atoms with Crippen LogP contribution < -0.4 is 4.74 Å². The molecule has 0 atom stereocenters. The van der Waals surface area contributed by atoms with E-state index in [2.05, 4.69) is 4.74 Å². The lowest BCUT2D eigenvalue weighted by molar-refractivity contribution is -0.189. The Labute approximate surface area is 233 Å². The summed E-state index contributed by atoms with van der Waals surface area (Å²) >= 11 is 0. The maximum Gasteiger partial charge on any atom is 0.432 e. The fourth-order valence-corrected chi connectivity index (χ4v) is 4.39. The lowest BCUT2D eigenvalue weighted by Gasteiger charge is -2.20. The number of hydrogen-bond acceptors (Lipinski definition) is 1. The molecule has 0 aliphatic rings. The molecule has 5 aromatic rings. The van der Waals surface area contributed by atoms with Gasteiger partial charge in [-0.05, 0) is 53.4 Å². The molecule has 0 unspecified atom stereocenters. The van der Waals surface area contributed by atoms with E-state index in [4.69, 9.17) is 0 Å². The van der Waals surface area contributed by atoms with Gasteiger partial charge >= 0.3 is 6.11 Å². The molecule has 5 aromatic carbocycles. The number of aryl methyl sites for hydroxylation is 1. The Morgan fingerprint density at radius 3 is 1.48 bits per heavy atom. The second-order valence-electron chi connectivity index (χ2n) is 9.39. The first kappa shape index (κ1) is 28.8. The average Bonchev–Trinajstić information content (AvgIpc) is 2.91. The number of halogens is 9. The van der Waals surface area contributed by atoms with E-state index in [1.54, 1.807) is 6.07 Å². The topological polar surface area (TPSA) is 9.23 Å². The summed E-state index contributed by atoms with van der Waals surface area (Å²) in [4.78, 5) is 0. The van der Waals surface area contributed by atoms with Crippen molar-refractivity contribution in [1.82, 2.24) is 0 Å². The lowest BCUT2D eigenvalue weighted by atomic mass is 9.96. The van der Waals surface area contributed by atoms with Crippen molar-refractivity contribution in [3.05, 3.63) is 137 Å². The highest BCUT2D eigenvalue weighted by Gasteiger charge is 2.41. The molecule has 42 heavy (non-hydrogen) atoms. The molecule has 0 bridgehead atoms. The van der Waals surface area contributed by atoms with Gasteiger partial charge < -0.3 is 4.74 Å². The van der Waals surface area contributed by atoms with Crippen LogP contribution >= 0.6 is 0 Å². The molecule has 0 aromatic heterocycles. The van der Waals surface area contributed by atoms with Gasteiger partial charge in [0.15, 0.2) is 17.5 Å². The largest absolute Gasteiger partial charge is 0.432 e. The van der Waals surface area contributed by atoms with E-state index in [0.717, 1.165) is 23.3 Å². The Kier molecular flexibility index (Phi) is 7.49. The summed E-state index contributed by atoms with van der Waals surface area (Å²) in [5.74, 6) is -12.3. The van der Waals surface area contributed by atoms with Crippen LogP contribution in [0.15, 0.2) is 84.9 Å². The summed E-state index contributed by atoms with van der Waals surface area (Å²) in [5.41, 5.74) is -0.224. The first-order chi connectivity index (χ1) is 19.8. The normalized spacial score (nSPS) is 11.6. The maximum absolute atomic E-state index is 15.1. The van der Waals surface area contributed by atoms with Crippen molar-refractivity contribution < 1.29 is 44.3 Å². The molecule has 0 spiro atoms. The minimum Gasteiger partial charge on any atom is -0.429 e. The smallest absolute Gasteiger partial charge is 0.429 e. The van der Waals surface area contributed by atoms with Gasteiger partial charge in [-0.2, -0.15) is 8.78 Å². The van der Waals surface area contributed by atoms with Crippen molar-refractivity contribution in [2.75, 3.05) is 0 Å². The van der Waals surface area contributed by atoms with E-state index in [1.165, 1.54) is 18.2 Å². The second-order valence-corrected chi connectivity index (χ2v) is 9.39. The van der Waals surface area contributed by atoms with Gasteiger partial charge in [-0.15, -0.1) is 0 Å². The van der Waals surface area contributed by atoms with Crippen molar-refractivity contribution in [2.24, 2.45) is 0 Å². The van der Waals surface area contributed by atoms with Crippen LogP contribution in [-0.4, -0.2) is 0 Å². The molecular weight excluding hydrogens is 571 g/mol. The molecule has 214 valence electrons. The molecule has 0 saturated carbocycles. The van der Waals surface area contributed by atoms with Crippen molar-refractivity contribution in [3.63, 3.8) is 0 Å². The zero-order valence-electron chi connectivity index (χ0n) is 21.4. The van der Waals surface area contributed by atoms with Crippen LogP contribution in [0, 0.1) is 47.6 Å². The van der Waals surface area contributed by atoms with E-state index < -0.39 is 63.7 Å². The summed E-state index contributed by atoms with van der Waals surface area (Å²) in [6.45, 7) is 1.91.